The molecule has 1 rings (SSSR count). The number of esters is 1. The number of aromatic amines is 1. The van der Waals surface area contributed by atoms with E-state index in [0.717, 1.165) is 0 Å². The van der Waals surface area contributed by atoms with Crippen LogP contribution in [-0.4, -0.2) is 17.6 Å². The summed E-state index contributed by atoms with van der Waals surface area (Å²) in [4.78, 5) is 13.6. The fraction of sp³-hybridized carbons (Fsp3) is 0.125. The van der Waals surface area contributed by atoms with Crippen LogP contribution in [0.1, 0.15) is 10.5 Å². The van der Waals surface area contributed by atoms with Crippen LogP contribution < -0.4 is 0 Å². The van der Waals surface area contributed by atoms with E-state index in [-0.39, 0.29) is 6.61 Å². The van der Waals surface area contributed by atoms with Crippen LogP contribution in [0.2, 0.25) is 0 Å². The Bertz CT molecular complexity index is 269. The van der Waals surface area contributed by atoms with Gasteiger partial charge in [-0.05, 0) is 12.1 Å². The monoisotopic (exact) mass is 149 g/mol. The molecule has 1 aromatic rings. The molecule has 3 heteroatoms. The Kier molecular flexibility index (Phi) is 2.34. The van der Waals surface area contributed by atoms with Crippen LogP contribution in [0, 0.1) is 12.3 Å². The van der Waals surface area contributed by atoms with Crippen LogP contribution >= 0.6 is 0 Å². The number of H-pyrrole nitrogens is 1. The lowest BCUT2D eigenvalue weighted by atomic mass is 10.4. The Hall–Kier alpha value is -1.69. The maximum Gasteiger partial charge on any atom is 0.355 e. The molecule has 11 heavy (non-hydrogen) atoms. The van der Waals surface area contributed by atoms with Crippen molar-refractivity contribution in [3.63, 3.8) is 0 Å². The molecule has 0 saturated heterocycles. The van der Waals surface area contributed by atoms with Crippen LogP contribution in [0.4, 0.5) is 0 Å². The second-order valence-electron chi connectivity index (χ2n) is 1.86. The molecule has 0 amide bonds. The third-order valence-corrected chi connectivity index (χ3v) is 1.10. The molecule has 0 fully saturated rings. The first-order chi connectivity index (χ1) is 5.34. The zero-order valence-corrected chi connectivity index (χ0v) is 5.83. The molecule has 0 spiro atoms. The molecule has 0 bridgehead atoms. The van der Waals surface area contributed by atoms with Gasteiger partial charge in [-0.1, -0.05) is 5.92 Å². The molecule has 0 aliphatic heterocycles. The highest BCUT2D eigenvalue weighted by Gasteiger charge is 2.04. The minimum Gasteiger partial charge on any atom is -0.448 e. The molecule has 0 atom stereocenters. The summed E-state index contributed by atoms with van der Waals surface area (Å²) in [5.41, 5.74) is 0.417. The van der Waals surface area contributed by atoms with E-state index in [1.165, 1.54) is 0 Å². The van der Waals surface area contributed by atoms with Crippen LogP contribution in [0.25, 0.3) is 0 Å². The Labute approximate surface area is 64.4 Å². The van der Waals surface area contributed by atoms with E-state index >= 15 is 0 Å². The first-order valence-corrected chi connectivity index (χ1v) is 3.08. The molecule has 0 unspecified atom stereocenters. The van der Waals surface area contributed by atoms with Crippen molar-refractivity contribution in [2.45, 2.75) is 0 Å². The van der Waals surface area contributed by atoms with Crippen LogP contribution in [-0.2, 0) is 4.74 Å². The number of hydrogen-bond donors (Lipinski definition) is 1. The number of aromatic nitrogens is 1. The van der Waals surface area contributed by atoms with Crippen molar-refractivity contribution in [3.8, 4) is 12.3 Å². The Morgan fingerprint density at radius 1 is 1.82 bits per heavy atom. The van der Waals surface area contributed by atoms with Crippen molar-refractivity contribution in [1.29, 1.82) is 0 Å². The summed E-state index contributed by atoms with van der Waals surface area (Å²) in [6.45, 7) is 0.0118. The molecule has 1 aromatic heterocycles. The highest BCUT2D eigenvalue weighted by Crippen LogP contribution is 1.96. The summed E-state index contributed by atoms with van der Waals surface area (Å²) in [5.74, 6) is 1.78. The number of rotatable bonds is 2. The maximum atomic E-state index is 10.9. The molecule has 56 valence electrons. The van der Waals surface area contributed by atoms with Gasteiger partial charge in [0.2, 0.25) is 0 Å². The predicted molar refractivity (Wildman–Crippen MR) is 39.9 cm³/mol. The third kappa shape index (κ3) is 1.87. The predicted octanol–water partition coefficient (Wildman–Crippen LogP) is 0.805. The standard InChI is InChI=1S/C8H7NO2/c1-2-6-11-8(10)7-4-3-5-9-7/h1,3-5,9H,6H2. The molecule has 1 N–H and O–H groups in total. The van der Waals surface area contributed by atoms with E-state index in [2.05, 4.69) is 15.6 Å². The van der Waals surface area contributed by atoms with Crippen LogP contribution in [0.5, 0.6) is 0 Å². The van der Waals surface area contributed by atoms with E-state index in [9.17, 15) is 4.79 Å². The third-order valence-electron chi connectivity index (χ3n) is 1.10. The van der Waals surface area contributed by atoms with Gasteiger partial charge in [0.1, 0.15) is 5.69 Å². The molecule has 1 heterocycles. The van der Waals surface area contributed by atoms with E-state index in [0.29, 0.717) is 5.69 Å². The number of carbonyl (C=O) groups excluding carboxylic acids is 1. The fourth-order valence-electron chi connectivity index (χ4n) is 0.642. The van der Waals surface area contributed by atoms with Gasteiger partial charge in [-0.2, -0.15) is 0 Å². The molecular formula is C8H7NO2. The average Bonchev–Trinajstić information content (AvgIpc) is 2.52. The van der Waals surface area contributed by atoms with Gasteiger partial charge >= 0.3 is 5.97 Å². The molecular weight excluding hydrogens is 142 g/mol. The normalized spacial score (nSPS) is 8.64. The summed E-state index contributed by atoms with van der Waals surface area (Å²) in [7, 11) is 0. The van der Waals surface area contributed by atoms with Crippen molar-refractivity contribution >= 4 is 5.97 Å². The molecule has 0 aromatic carbocycles. The first kappa shape index (κ1) is 7.42. The van der Waals surface area contributed by atoms with Crippen LogP contribution in [0.3, 0.4) is 0 Å². The van der Waals surface area contributed by atoms with Gasteiger partial charge in [-0.3, -0.25) is 0 Å². The van der Waals surface area contributed by atoms with Gasteiger partial charge in [-0.15, -0.1) is 6.42 Å². The van der Waals surface area contributed by atoms with E-state index in [1.807, 2.05) is 0 Å². The van der Waals surface area contributed by atoms with Gasteiger partial charge in [0, 0.05) is 6.20 Å². The van der Waals surface area contributed by atoms with Gasteiger partial charge in [-0.25, -0.2) is 4.79 Å². The summed E-state index contributed by atoms with van der Waals surface area (Å²) >= 11 is 0. The lowest BCUT2D eigenvalue weighted by molar-refractivity contribution is 0.0551. The molecule has 0 saturated carbocycles. The largest absolute Gasteiger partial charge is 0.448 e. The van der Waals surface area contributed by atoms with E-state index in [4.69, 9.17) is 6.42 Å². The molecule has 0 radical (unpaired) electrons. The summed E-state index contributed by atoms with van der Waals surface area (Å²) in [6, 6.07) is 3.34. The van der Waals surface area contributed by atoms with E-state index in [1.54, 1.807) is 18.3 Å². The smallest absolute Gasteiger partial charge is 0.355 e. The highest BCUT2D eigenvalue weighted by molar-refractivity contribution is 5.87. The number of carbonyl (C=O) groups is 1. The summed E-state index contributed by atoms with van der Waals surface area (Å²) in [5, 5.41) is 0. The number of hydrogen-bond acceptors (Lipinski definition) is 2. The van der Waals surface area contributed by atoms with Crippen molar-refractivity contribution < 1.29 is 9.53 Å². The van der Waals surface area contributed by atoms with Crippen molar-refractivity contribution in [2.24, 2.45) is 0 Å². The van der Waals surface area contributed by atoms with Gasteiger partial charge < -0.3 is 9.72 Å². The zero-order valence-electron chi connectivity index (χ0n) is 5.83. The molecule has 0 aliphatic carbocycles. The Morgan fingerprint density at radius 3 is 3.18 bits per heavy atom. The van der Waals surface area contributed by atoms with Crippen molar-refractivity contribution in [3.05, 3.63) is 24.0 Å². The minimum atomic E-state index is -0.423. The van der Waals surface area contributed by atoms with E-state index < -0.39 is 5.97 Å². The Morgan fingerprint density at radius 2 is 2.64 bits per heavy atom. The second kappa shape index (κ2) is 3.47. The number of terminal acetylenes is 1. The van der Waals surface area contributed by atoms with Crippen molar-refractivity contribution in [2.75, 3.05) is 6.61 Å². The maximum absolute atomic E-state index is 10.9. The zero-order chi connectivity index (χ0) is 8.10. The highest BCUT2D eigenvalue weighted by atomic mass is 16.5. The minimum absolute atomic E-state index is 0.0118. The quantitative estimate of drug-likeness (QED) is 0.499. The lowest BCUT2D eigenvalue weighted by Gasteiger charge is -1.95. The average molecular weight is 149 g/mol. The lowest BCUT2D eigenvalue weighted by Crippen LogP contribution is -2.05. The number of ether oxygens (including phenoxy) is 1. The van der Waals surface area contributed by atoms with Crippen molar-refractivity contribution in [1.82, 2.24) is 4.98 Å². The SMILES string of the molecule is C#CCOC(=O)c1ccc[nH]1. The second-order valence-corrected chi connectivity index (χ2v) is 1.86. The summed E-state index contributed by atoms with van der Waals surface area (Å²) in [6.07, 6.45) is 6.54. The molecule has 3 nitrogen and oxygen atoms in total. The number of nitrogens with one attached hydrogen (secondary N) is 1. The van der Waals surface area contributed by atoms with Gasteiger partial charge in [0.25, 0.3) is 0 Å². The van der Waals surface area contributed by atoms with Crippen LogP contribution in [0.15, 0.2) is 18.3 Å². The summed E-state index contributed by atoms with van der Waals surface area (Å²) < 4.78 is 4.63. The fourth-order valence-corrected chi connectivity index (χ4v) is 0.642. The van der Waals surface area contributed by atoms with Gasteiger partial charge in [0.15, 0.2) is 6.61 Å². The van der Waals surface area contributed by atoms with Gasteiger partial charge in [0.05, 0.1) is 0 Å². The first-order valence-electron chi connectivity index (χ1n) is 3.08. The molecule has 0 aliphatic rings. The Balaban J connectivity index is 2.51. The topological polar surface area (TPSA) is 42.1 Å².